The smallest absolute Gasteiger partial charge is 0.0899 e. The third kappa shape index (κ3) is 1.60. The minimum Gasteiger partial charge on any atom is -0.385 e. The molecule has 0 bridgehead atoms. The van der Waals surface area contributed by atoms with Crippen LogP contribution in [-0.2, 0) is 5.60 Å². The fourth-order valence-electron chi connectivity index (χ4n) is 1.50. The SMILES string of the molecule is CC(N)c1ccc(C2(O)CC2)cc1. The molecule has 1 atom stereocenters. The third-order valence-electron chi connectivity index (χ3n) is 2.70. The maximum Gasteiger partial charge on any atom is 0.0899 e. The van der Waals surface area contributed by atoms with E-state index in [1.54, 1.807) is 0 Å². The van der Waals surface area contributed by atoms with Gasteiger partial charge in [0.2, 0.25) is 0 Å². The van der Waals surface area contributed by atoms with E-state index in [2.05, 4.69) is 0 Å². The van der Waals surface area contributed by atoms with Gasteiger partial charge in [-0.3, -0.25) is 0 Å². The predicted octanol–water partition coefficient (Wildman–Crippen LogP) is 1.69. The lowest BCUT2D eigenvalue weighted by Crippen LogP contribution is -2.07. The van der Waals surface area contributed by atoms with Gasteiger partial charge in [-0.15, -0.1) is 0 Å². The summed E-state index contributed by atoms with van der Waals surface area (Å²) < 4.78 is 0. The summed E-state index contributed by atoms with van der Waals surface area (Å²) in [5.74, 6) is 0. The van der Waals surface area contributed by atoms with Crippen LogP contribution in [0.3, 0.4) is 0 Å². The summed E-state index contributed by atoms with van der Waals surface area (Å²) in [7, 11) is 0. The van der Waals surface area contributed by atoms with Gasteiger partial charge in [0.25, 0.3) is 0 Å². The Morgan fingerprint density at radius 3 is 2.23 bits per heavy atom. The molecule has 0 amide bonds. The highest BCUT2D eigenvalue weighted by Gasteiger charge is 2.41. The van der Waals surface area contributed by atoms with Gasteiger partial charge in [0.15, 0.2) is 0 Å². The lowest BCUT2D eigenvalue weighted by Gasteiger charge is -2.10. The van der Waals surface area contributed by atoms with Crippen molar-refractivity contribution in [3.8, 4) is 0 Å². The molecular formula is C11H15NO. The Balaban J connectivity index is 2.24. The third-order valence-corrected chi connectivity index (χ3v) is 2.70. The Labute approximate surface area is 78.4 Å². The number of aliphatic hydroxyl groups is 1. The monoisotopic (exact) mass is 177 g/mol. The van der Waals surface area contributed by atoms with E-state index in [1.165, 1.54) is 0 Å². The van der Waals surface area contributed by atoms with Crippen LogP contribution in [0.5, 0.6) is 0 Å². The summed E-state index contributed by atoms with van der Waals surface area (Å²) in [5, 5.41) is 9.80. The van der Waals surface area contributed by atoms with Crippen LogP contribution in [0, 0.1) is 0 Å². The Morgan fingerprint density at radius 2 is 1.85 bits per heavy atom. The van der Waals surface area contributed by atoms with E-state index < -0.39 is 5.60 Å². The molecule has 2 heteroatoms. The average molecular weight is 177 g/mol. The number of hydrogen-bond donors (Lipinski definition) is 2. The summed E-state index contributed by atoms with van der Waals surface area (Å²) in [6.45, 7) is 1.96. The fraction of sp³-hybridized carbons (Fsp3) is 0.455. The van der Waals surface area contributed by atoms with Crippen LogP contribution in [0.25, 0.3) is 0 Å². The van der Waals surface area contributed by atoms with Crippen LogP contribution < -0.4 is 5.73 Å². The minimum atomic E-state index is -0.517. The van der Waals surface area contributed by atoms with Crippen LogP contribution in [0.1, 0.15) is 36.9 Å². The van der Waals surface area contributed by atoms with Gasteiger partial charge < -0.3 is 10.8 Å². The zero-order valence-electron chi connectivity index (χ0n) is 7.83. The van der Waals surface area contributed by atoms with Crippen LogP contribution in [0.4, 0.5) is 0 Å². The van der Waals surface area contributed by atoms with Gasteiger partial charge in [0, 0.05) is 6.04 Å². The maximum atomic E-state index is 9.80. The molecule has 3 N–H and O–H groups in total. The summed E-state index contributed by atoms with van der Waals surface area (Å²) in [6, 6.07) is 8.02. The molecule has 1 aliphatic rings. The van der Waals surface area contributed by atoms with Gasteiger partial charge in [-0.25, -0.2) is 0 Å². The van der Waals surface area contributed by atoms with Crippen molar-refractivity contribution in [1.29, 1.82) is 0 Å². The Morgan fingerprint density at radius 1 is 1.31 bits per heavy atom. The summed E-state index contributed by atoms with van der Waals surface area (Å²) in [5.41, 5.74) is 7.35. The van der Waals surface area contributed by atoms with Gasteiger partial charge in [-0.2, -0.15) is 0 Å². The second kappa shape index (κ2) is 2.82. The molecule has 1 fully saturated rings. The van der Waals surface area contributed by atoms with Gasteiger partial charge in [0.05, 0.1) is 5.60 Å². The van der Waals surface area contributed by atoms with Crippen molar-refractivity contribution in [2.24, 2.45) is 5.73 Å². The van der Waals surface area contributed by atoms with Crippen LogP contribution >= 0.6 is 0 Å². The molecule has 0 radical (unpaired) electrons. The first-order valence-corrected chi connectivity index (χ1v) is 4.70. The molecule has 0 heterocycles. The molecule has 0 saturated heterocycles. The van der Waals surface area contributed by atoms with Gasteiger partial charge in [-0.1, -0.05) is 24.3 Å². The molecule has 1 aromatic carbocycles. The quantitative estimate of drug-likeness (QED) is 0.722. The highest BCUT2D eigenvalue weighted by Crippen LogP contribution is 2.45. The lowest BCUT2D eigenvalue weighted by atomic mass is 10.0. The highest BCUT2D eigenvalue weighted by atomic mass is 16.3. The van der Waals surface area contributed by atoms with Crippen LogP contribution in [0.15, 0.2) is 24.3 Å². The van der Waals surface area contributed by atoms with E-state index >= 15 is 0 Å². The van der Waals surface area contributed by atoms with Gasteiger partial charge in [0.1, 0.15) is 0 Å². The van der Waals surface area contributed by atoms with E-state index in [-0.39, 0.29) is 6.04 Å². The number of hydrogen-bond acceptors (Lipinski definition) is 2. The summed E-state index contributed by atoms with van der Waals surface area (Å²) in [4.78, 5) is 0. The van der Waals surface area contributed by atoms with E-state index in [1.807, 2.05) is 31.2 Å². The van der Waals surface area contributed by atoms with Crippen molar-refractivity contribution in [3.63, 3.8) is 0 Å². The number of benzene rings is 1. The molecule has 0 aliphatic heterocycles. The van der Waals surface area contributed by atoms with E-state index in [0.29, 0.717) is 0 Å². The average Bonchev–Trinajstić information content (AvgIpc) is 2.85. The van der Waals surface area contributed by atoms with Crippen LogP contribution in [0.2, 0.25) is 0 Å². The normalized spacial score (nSPS) is 21.2. The maximum absolute atomic E-state index is 9.80. The zero-order valence-corrected chi connectivity index (χ0v) is 7.83. The molecule has 2 rings (SSSR count). The molecule has 0 spiro atoms. The van der Waals surface area contributed by atoms with E-state index in [4.69, 9.17) is 5.73 Å². The van der Waals surface area contributed by atoms with Crippen molar-refractivity contribution >= 4 is 0 Å². The first kappa shape index (κ1) is 8.73. The van der Waals surface area contributed by atoms with Crippen molar-refractivity contribution in [2.45, 2.75) is 31.4 Å². The van der Waals surface area contributed by atoms with Gasteiger partial charge >= 0.3 is 0 Å². The largest absolute Gasteiger partial charge is 0.385 e. The molecule has 0 aromatic heterocycles. The molecule has 70 valence electrons. The summed E-state index contributed by atoms with van der Waals surface area (Å²) in [6.07, 6.45) is 1.79. The highest BCUT2D eigenvalue weighted by molar-refractivity contribution is 5.31. The second-order valence-corrected chi connectivity index (χ2v) is 3.94. The molecular weight excluding hydrogens is 162 g/mol. The topological polar surface area (TPSA) is 46.2 Å². The number of nitrogens with two attached hydrogens (primary N) is 1. The molecule has 1 saturated carbocycles. The standard InChI is InChI=1S/C11H15NO/c1-8(12)9-2-4-10(5-3-9)11(13)6-7-11/h2-5,8,13H,6-7,12H2,1H3. The first-order chi connectivity index (χ1) is 6.12. The van der Waals surface area contributed by atoms with E-state index in [9.17, 15) is 5.11 Å². The lowest BCUT2D eigenvalue weighted by molar-refractivity contribution is 0.151. The van der Waals surface area contributed by atoms with Crippen molar-refractivity contribution < 1.29 is 5.11 Å². The second-order valence-electron chi connectivity index (χ2n) is 3.94. The Kier molecular flexibility index (Phi) is 1.90. The molecule has 1 aliphatic carbocycles. The van der Waals surface area contributed by atoms with Crippen LogP contribution in [-0.4, -0.2) is 5.11 Å². The first-order valence-electron chi connectivity index (χ1n) is 4.70. The molecule has 1 unspecified atom stereocenters. The number of rotatable bonds is 2. The Hall–Kier alpha value is -0.860. The van der Waals surface area contributed by atoms with Crippen molar-refractivity contribution in [1.82, 2.24) is 0 Å². The zero-order chi connectivity index (χ0) is 9.47. The Bertz CT molecular complexity index is 298. The molecule has 2 nitrogen and oxygen atoms in total. The fourth-order valence-corrected chi connectivity index (χ4v) is 1.50. The van der Waals surface area contributed by atoms with Crippen molar-refractivity contribution in [2.75, 3.05) is 0 Å². The molecule has 13 heavy (non-hydrogen) atoms. The van der Waals surface area contributed by atoms with Gasteiger partial charge in [-0.05, 0) is 30.9 Å². The predicted molar refractivity (Wildman–Crippen MR) is 52.2 cm³/mol. The minimum absolute atomic E-state index is 0.0721. The molecule has 1 aromatic rings. The van der Waals surface area contributed by atoms with E-state index in [0.717, 1.165) is 24.0 Å². The van der Waals surface area contributed by atoms with Crippen molar-refractivity contribution in [3.05, 3.63) is 35.4 Å². The summed E-state index contributed by atoms with van der Waals surface area (Å²) >= 11 is 0.